The maximum absolute atomic E-state index is 10.7. The van der Waals surface area contributed by atoms with Gasteiger partial charge in [0, 0.05) is 6.21 Å². The first-order valence-electron chi connectivity index (χ1n) is 3.48. The standard InChI is InChI=1S/C6H11N3O2/c1-2-3-8-5-4-11-6(10)9(5)7/h3,5H,2,4,7H2,1H3/b8-3+/t5-/m0/s1. The number of hydrogen-bond acceptors (Lipinski definition) is 4. The molecule has 0 saturated carbocycles. The molecule has 0 aromatic carbocycles. The summed E-state index contributed by atoms with van der Waals surface area (Å²) in [5.74, 6) is 5.31. The highest BCUT2D eigenvalue weighted by atomic mass is 16.6. The second kappa shape index (κ2) is 3.34. The monoisotopic (exact) mass is 157 g/mol. The highest BCUT2D eigenvalue weighted by Crippen LogP contribution is 2.07. The Morgan fingerprint density at radius 3 is 3.18 bits per heavy atom. The van der Waals surface area contributed by atoms with Gasteiger partial charge in [0.05, 0.1) is 0 Å². The van der Waals surface area contributed by atoms with Crippen molar-refractivity contribution in [3.8, 4) is 0 Å². The predicted octanol–water partition coefficient (Wildman–Crippen LogP) is 0.119. The molecule has 62 valence electrons. The Morgan fingerprint density at radius 1 is 2.00 bits per heavy atom. The Labute approximate surface area is 64.8 Å². The number of aliphatic imine (C=N–C) groups is 1. The maximum atomic E-state index is 10.7. The lowest BCUT2D eigenvalue weighted by atomic mass is 10.5. The molecule has 0 aromatic heterocycles. The Hall–Kier alpha value is -1.10. The summed E-state index contributed by atoms with van der Waals surface area (Å²) in [7, 11) is 0. The van der Waals surface area contributed by atoms with Gasteiger partial charge in [-0.15, -0.1) is 0 Å². The summed E-state index contributed by atoms with van der Waals surface area (Å²) in [6.07, 6.45) is 1.70. The molecule has 0 bridgehead atoms. The van der Waals surface area contributed by atoms with Gasteiger partial charge in [-0.25, -0.2) is 15.6 Å². The predicted molar refractivity (Wildman–Crippen MR) is 39.9 cm³/mol. The van der Waals surface area contributed by atoms with Crippen molar-refractivity contribution >= 4 is 12.3 Å². The number of ether oxygens (including phenoxy) is 1. The SMILES string of the molecule is CC/C=N/[C@@H]1COC(=O)N1N. The fourth-order valence-electron chi connectivity index (χ4n) is 0.764. The smallest absolute Gasteiger partial charge is 0.426 e. The number of rotatable bonds is 2. The molecule has 5 nitrogen and oxygen atoms in total. The zero-order chi connectivity index (χ0) is 8.27. The van der Waals surface area contributed by atoms with Crippen molar-refractivity contribution in [2.75, 3.05) is 6.61 Å². The van der Waals surface area contributed by atoms with Crippen molar-refractivity contribution in [3.63, 3.8) is 0 Å². The van der Waals surface area contributed by atoms with Gasteiger partial charge in [0.15, 0.2) is 6.17 Å². The van der Waals surface area contributed by atoms with Crippen LogP contribution >= 0.6 is 0 Å². The van der Waals surface area contributed by atoms with Crippen molar-refractivity contribution in [2.24, 2.45) is 10.8 Å². The van der Waals surface area contributed by atoms with Crippen LogP contribution < -0.4 is 5.84 Å². The molecule has 1 saturated heterocycles. The first kappa shape index (κ1) is 8.00. The number of carbonyl (C=O) groups excluding carboxylic acids is 1. The Morgan fingerprint density at radius 2 is 2.73 bits per heavy atom. The number of nitrogens with two attached hydrogens (primary N) is 1. The molecule has 0 aromatic rings. The van der Waals surface area contributed by atoms with Crippen LogP contribution in [0.4, 0.5) is 4.79 Å². The highest BCUT2D eigenvalue weighted by Gasteiger charge is 2.29. The molecule has 5 heteroatoms. The van der Waals surface area contributed by atoms with Crippen molar-refractivity contribution in [1.29, 1.82) is 0 Å². The van der Waals surface area contributed by atoms with Crippen molar-refractivity contribution in [1.82, 2.24) is 5.01 Å². The molecule has 1 aliphatic heterocycles. The minimum Gasteiger partial charge on any atom is -0.444 e. The molecule has 1 amide bonds. The van der Waals surface area contributed by atoms with Gasteiger partial charge in [0.1, 0.15) is 6.61 Å². The molecule has 1 atom stereocenters. The molecular weight excluding hydrogens is 146 g/mol. The average Bonchev–Trinajstić information content (AvgIpc) is 2.31. The number of amides is 1. The molecule has 1 heterocycles. The first-order valence-corrected chi connectivity index (χ1v) is 3.48. The number of nitrogens with zero attached hydrogens (tertiary/aromatic N) is 2. The van der Waals surface area contributed by atoms with Gasteiger partial charge in [-0.2, -0.15) is 0 Å². The van der Waals surface area contributed by atoms with Crippen LogP contribution in [-0.2, 0) is 4.74 Å². The van der Waals surface area contributed by atoms with Gasteiger partial charge in [0.2, 0.25) is 0 Å². The molecule has 1 aliphatic rings. The lowest BCUT2D eigenvalue weighted by molar-refractivity contribution is 0.158. The Kier molecular flexibility index (Phi) is 2.43. The summed E-state index contributed by atoms with van der Waals surface area (Å²) < 4.78 is 4.62. The first-order chi connectivity index (χ1) is 5.25. The summed E-state index contributed by atoms with van der Waals surface area (Å²) in [6, 6.07) is 0. The molecule has 0 spiro atoms. The lowest BCUT2D eigenvalue weighted by Crippen LogP contribution is -2.38. The average molecular weight is 157 g/mol. The maximum Gasteiger partial charge on any atom is 0.426 e. The topological polar surface area (TPSA) is 67.9 Å². The minimum atomic E-state index is -0.511. The van der Waals surface area contributed by atoms with Crippen molar-refractivity contribution in [2.45, 2.75) is 19.5 Å². The van der Waals surface area contributed by atoms with Gasteiger partial charge < -0.3 is 4.74 Å². The zero-order valence-electron chi connectivity index (χ0n) is 6.36. The van der Waals surface area contributed by atoms with Crippen LogP contribution in [-0.4, -0.2) is 30.1 Å². The third-order valence-corrected chi connectivity index (χ3v) is 1.35. The second-order valence-electron chi connectivity index (χ2n) is 2.20. The largest absolute Gasteiger partial charge is 0.444 e. The van der Waals surface area contributed by atoms with E-state index >= 15 is 0 Å². The summed E-state index contributed by atoms with van der Waals surface area (Å²) >= 11 is 0. The van der Waals surface area contributed by atoms with Gasteiger partial charge in [-0.3, -0.25) is 4.99 Å². The number of cyclic esters (lactones) is 1. The van der Waals surface area contributed by atoms with Crippen molar-refractivity contribution in [3.05, 3.63) is 0 Å². The van der Waals surface area contributed by atoms with Crippen LogP contribution in [0.15, 0.2) is 4.99 Å². The molecule has 0 unspecified atom stereocenters. The summed E-state index contributed by atoms with van der Waals surface area (Å²) in [6.45, 7) is 2.22. The molecule has 0 radical (unpaired) electrons. The van der Waals surface area contributed by atoms with Crippen LogP contribution in [0.3, 0.4) is 0 Å². The zero-order valence-corrected chi connectivity index (χ0v) is 6.36. The summed E-state index contributed by atoms with van der Waals surface area (Å²) in [4.78, 5) is 14.7. The molecular formula is C6H11N3O2. The highest BCUT2D eigenvalue weighted by molar-refractivity contribution is 5.69. The van der Waals surface area contributed by atoms with Gasteiger partial charge >= 0.3 is 6.09 Å². The van der Waals surface area contributed by atoms with E-state index in [0.29, 0.717) is 0 Å². The van der Waals surface area contributed by atoms with Crippen LogP contribution in [0.25, 0.3) is 0 Å². The van der Waals surface area contributed by atoms with E-state index in [1.165, 1.54) is 0 Å². The molecule has 0 aliphatic carbocycles. The van der Waals surface area contributed by atoms with Crippen LogP contribution in [0.2, 0.25) is 0 Å². The Balaban J connectivity index is 2.48. The van der Waals surface area contributed by atoms with E-state index in [4.69, 9.17) is 5.84 Å². The molecule has 2 N–H and O–H groups in total. The van der Waals surface area contributed by atoms with Crippen LogP contribution in [0.5, 0.6) is 0 Å². The van der Waals surface area contributed by atoms with E-state index in [2.05, 4.69) is 9.73 Å². The summed E-state index contributed by atoms with van der Waals surface area (Å²) in [5, 5.41) is 0.992. The fourth-order valence-corrected chi connectivity index (χ4v) is 0.764. The normalized spacial score (nSPS) is 24.7. The minimum absolute atomic E-state index is 0.256. The van der Waals surface area contributed by atoms with E-state index in [9.17, 15) is 4.79 Å². The van der Waals surface area contributed by atoms with E-state index in [1.54, 1.807) is 6.21 Å². The quantitative estimate of drug-likeness (QED) is 0.351. The number of hydrogen-bond donors (Lipinski definition) is 1. The number of carbonyl (C=O) groups is 1. The summed E-state index contributed by atoms with van der Waals surface area (Å²) in [5.41, 5.74) is 0. The molecule has 1 fully saturated rings. The van der Waals surface area contributed by atoms with Crippen molar-refractivity contribution < 1.29 is 9.53 Å². The van der Waals surface area contributed by atoms with E-state index in [0.717, 1.165) is 11.4 Å². The van der Waals surface area contributed by atoms with Crippen LogP contribution in [0.1, 0.15) is 13.3 Å². The van der Waals surface area contributed by atoms with E-state index in [-0.39, 0.29) is 12.8 Å². The fraction of sp³-hybridized carbons (Fsp3) is 0.667. The number of hydrazine groups is 1. The van der Waals surface area contributed by atoms with E-state index < -0.39 is 6.09 Å². The van der Waals surface area contributed by atoms with Crippen LogP contribution in [0, 0.1) is 0 Å². The third-order valence-electron chi connectivity index (χ3n) is 1.35. The van der Waals surface area contributed by atoms with Gasteiger partial charge in [-0.1, -0.05) is 6.92 Å². The lowest BCUT2D eigenvalue weighted by Gasteiger charge is -2.09. The third kappa shape index (κ3) is 1.68. The molecule has 1 rings (SSSR count). The van der Waals surface area contributed by atoms with Gasteiger partial charge in [-0.05, 0) is 6.42 Å². The van der Waals surface area contributed by atoms with Gasteiger partial charge in [0.25, 0.3) is 0 Å². The molecule has 11 heavy (non-hydrogen) atoms. The second-order valence-corrected chi connectivity index (χ2v) is 2.20. The van der Waals surface area contributed by atoms with E-state index in [1.807, 2.05) is 6.92 Å². The Bertz CT molecular complexity index is 181.